The molecule has 4 aromatic rings. The van der Waals surface area contributed by atoms with Crippen molar-refractivity contribution in [3.63, 3.8) is 0 Å². The molecule has 0 bridgehead atoms. The summed E-state index contributed by atoms with van der Waals surface area (Å²) >= 11 is 0. The van der Waals surface area contributed by atoms with Gasteiger partial charge in [0.15, 0.2) is 0 Å². The molecule has 1 aliphatic heterocycles. The molecule has 1 aliphatic rings. The van der Waals surface area contributed by atoms with Gasteiger partial charge in [0.05, 0.1) is 11.8 Å². The van der Waals surface area contributed by atoms with E-state index >= 15 is 0 Å². The second kappa shape index (κ2) is 6.48. The van der Waals surface area contributed by atoms with E-state index in [0.717, 1.165) is 42.8 Å². The molecule has 1 fully saturated rings. The molecule has 4 N–H and O–H groups in total. The van der Waals surface area contributed by atoms with Gasteiger partial charge in [0.2, 0.25) is 11.6 Å². The van der Waals surface area contributed by atoms with Crippen LogP contribution in [0.1, 0.15) is 24.5 Å². The molecule has 0 radical (unpaired) electrons. The molecule has 8 nitrogen and oxygen atoms in total. The van der Waals surface area contributed by atoms with Crippen LogP contribution in [-0.4, -0.2) is 38.2 Å². The first-order valence-corrected chi connectivity index (χ1v) is 9.01. The summed E-state index contributed by atoms with van der Waals surface area (Å²) in [5.74, 6) is 1.25. The van der Waals surface area contributed by atoms with Crippen molar-refractivity contribution in [3.8, 4) is 22.6 Å². The largest absolute Gasteiger partial charge is 0.418 e. The van der Waals surface area contributed by atoms with Gasteiger partial charge in [0.1, 0.15) is 11.3 Å². The summed E-state index contributed by atoms with van der Waals surface area (Å²) in [4.78, 5) is 13.1. The number of piperidine rings is 1. The number of rotatable bonds is 3. The number of hydrogen-bond donors (Lipinski definition) is 3. The van der Waals surface area contributed by atoms with Crippen LogP contribution in [0.5, 0.6) is 0 Å². The fourth-order valence-corrected chi connectivity index (χ4v) is 3.63. The van der Waals surface area contributed by atoms with Crippen LogP contribution in [0.25, 0.3) is 33.8 Å². The predicted octanol–water partition coefficient (Wildman–Crippen LogP) is 2.72. The highest BCUT2D eigenvalue weighted by Crippen LogP contribution is 2.35. The van der Waals surface area contributed by atoms with E-state index < -0.39 is 0 Å². The van der Waals surface area contributed by atoms with Crippen LogP contribution in [-0.2, 0) is 0 Å². The number of anilines is 1. The van der Waals surface area contributed by atoms with Gasteiger partial charge in [-0.3, -0.25) is 5.10 Å². The third-order valence-electron chi connectivity index (χ3n) is 5.04. The molecular weight excluding hydrogens is 342 g/mol. The molecule has 0 amide bonds. The number of fused-ring (bicyclic) bond motifs is 1. The van der Waals surface area contributed by atoms with Crippen LogP contribution in [0.2, 0.25) is 0 Å². The van der Waals surface area contributed by atoms with Gasteiger partial charge in [-0.1, -0.05) is 0 Å². The van der Waals surface area contributed by atoms with Crippen molar-refractivity contribution in [1.82, 2.24) is 30.5 Å². The van der Waals surface area contributed by atoms with E-state index in [4.69, 9.17) is 10.2 Å². The van der Waals surface area contributed by atoms with Crippen molar-refractivity contribution < 1.29 is 4.42 Å². The Balaban J connectivity index is 1.57. The molecule has 4 aromatic heterocycles. The molecule has 0 saturated carbocycles. The Kier molecular flexibility index (Phi) is 3.83. The van der Waals surface area contributed by atoms with Crippen LogP contribution in [0.15, 0.2) is 41.2 Å². The number of pyridine rings is 2. The molecule has 8 heteroatoms. The Morgan fingerprint density at radius 3 is 2.85 bits per heavy atom. The predicted molar refractivity (Wildman–Crippen MR) is 102 cm³/mol. The van der Waals surface area contributed by atoms with Gasteiger partial charge in [-0.25, -0.2) is 15.0 Å². The van der Waals surface area contributed by atoms with Crippen molar-refractivity contribution in [2.75, 3.05) is 18.8 Å². The first kappa shape index (κ1) is 16.0. The minimum absolute atomic E-state index is 0.372. The van der Waals surface area contributed by atoms with Gasteiger partial charge in [0.25, 0.3) is 0 Å². The number of nitrogens with two attached hydrogens (primary N) is 1. The molecule has 5 rings (SSSR count). The zero-order chi connectivity index (χ0) is 18.2. The summed E-state index contributed by atoms with van der Waals surface area (Å²) in [6.45, 7) is 2.04. The SMILES string of the molecule is Nc1ncc(-c2cn[nH]c2C2CCNCC2)cc1-c1nc2cccnc2o1. The van der Waals surface area contributed by atoms with Crippen molar-refractivity contribution in [2.45, 2.75) is 18.8 Å². The number of nitrogens with zero attached hydrogens (tertiary/aromatic N) is 4. The maximum Gasteiger partial charge on any atom is 0.247 e. The first-order chi connectivity index (χ1) is 13.3. The van der Waals surface area contributed by atoms with Gasteiger partial charge < -0.3 is 15.5 Å². The minimum atomic E-state index is 0.372. The third-order valence-corrected chi connectivity index (χ3v) is 5.04. The quantitative estimate of drug-likeness (QED) is 0.513. The Morgan fingerprint density at radius 2 is 2.00 bits per heavy atom. The van der Waals surface area contributed by atoms with Gasteiger partial charge in [0, 0.05) is 35.1 Å². The number of hydrogen-bond acceptors (Lipinski definition) is 7. The summed E-state index contributed by atoms with van der Waals surface area (Å²) in [7, 11) is 0. The molecule has 0 atom stereocenters. The zero-order valence-corrected chi connectivity index (χ0v) is 14.6. The van der Waals surface area contributed by atoms with E-state index in [1.807, 2.05) is 24.4 Å². The number of aromatic amines is 1. The molecule has 0 aliphatic carbocycles. The second-order valence-corrected chi connectivity index (χ2v) is 6.73. The van der Waals surface area contributed by atoms with Gasteiger partial charge >= 0.3 is 0 Å². The number of H-pyrrole nitrogens is 1. The van der Waals surface area contributed by atoms with Crippen LogP contribution in [0.4, 0.5) is 5.82 Å². The highest BCUT2D eigenvalue weighted by atomic mass is 16.4. The Morgan fingerprint density at radius 1 is 1.11 bits per heavy atom. The van der Waals surface area contributed by atoms with E-state index in [9.17, 15) is 0 Å². The average Bonchev–Trinajstić information content (AvgIpc) is 3.36. The molecule has 136 valence electrons. The lowest BCUT2D eigenvalue weighted by Gasteiger charge is -2.22. The van der Waals surface area contributed by atoms with Crippen LogP contribution >= 0.6 is 0 Å². The summed E-state index contributed by atoms with van der Waals surface area (Å²) in [5, 5.41) is 10.9. The molecule has 1 saturated heterocycles. The fraction of sp³-hybridized carbons (Fsp3) is 0.263. The Bertz CT molecular complexity index is 1060. The van der Waals surface area contributed by atoms with Crippen LogP contribution in [0, 0.1) is 0 Å². The smallest absolute Gasteiger partial charge is 0.247 e. The maximum absolute atomic E-state index is 6.11. The lowest BCUT2D eigenvalue weighted by Crippen LogP contribution is -2.27. The monoisotopic (exact) mass is 361 g/mol. The van der Waals surface area contributed by atoms with Gasteiger partial charge in [-0.15, -0.1) is 0 Å². The lowest BCUT2D eigenvalue weighted by atomic mass is 9.90. The molecular formula is C19H19N7O. The summed E-state index contributed by atoms with van der Waals surface area (Å²) < 4.78 is 5.78. The summed E-state index contributed by atoms with van der Waals surface area (Å²) in [6, 6.07) is 5.64. The van der Waals surface area contributed by atoms with E-state index in [-0.39, 0.29) is 0 Å². The third kappa shape index (κ3) is 2.83. The van der Waals surface area contributed by atoms with Gasteiger partial charge in [-0.05, 0) is 44.1 Å². The number of nitrogen functional groups attached to an aromatic ring is 1. The van der Waals surface area contributed by atoms with E-state index in [1.54, 1.807) is 12.4 Å². The van der Waals surface area contributed by atoms with E-state index in [1.165, 1.54) is 0 Å². The topological polar surface area (TPSA) is 119 Å². The van der Waals surface area contributed by atoms with Crippen LogP contribution < -0.4 is 11.1 Å². The zero-order valence-electron chi connectivity index (χ0n) is 14.6. The molecule has 0 aromatic carbocycles. The Hall–Kier alpha value is -3.26. The lowest BCUT2D eigenvalue weighted by molar-refractivity contribution is 0.453. The normalized spacial score (nSPS) is 15.4. The highest BCUT2D eigenvalue weighted by Gasteiger charge is 2.22. The second-order valence-electron chi connectivity index (χ2n) is 6.73. The molecule has 0 unspecified atom stereocenters. The molecule has 5 heterocycles. The summed E-state index contributed by atoms with van der Waals surface area (Å²) in [5.41, 5.74) is 11.1. The minimum Gasteiger partial charge on any atom is -0.418 e. The van der Waals surface area contributed by atoms with E-state index in [0.29, 0.717) is 34.4 Å². The van der Waals surface area contributed by atoms with Gasteiger partial charge in [-0.2, -0.15) is 5.10 Å². The maximum atomic E-state index is 6.11. The van der Waals surface area contributed by atoms with Crippen LogP contribution in [0.3, 0.4) is 0 Å². The number of oxazole rings is 1. The number of nitrogens with one attached hydrogen (secondary N) is 2. The molecule has 0 spiro atoms. The number of aromatic nitrogens is 5. The van der Waals surface area contributed by atoms with Crippen molar-refractivity contribution >= 4 is 17.0 Å². The van der Waals surface area contributed by atoms with Crippen molar-refractivity contribution in [1.29, 1.82) is 0 Å². The van der Waals surface area contributed by atoms with E-state index in [2.05, 4.69) is 30.5 Å². The van der Waals surface area contributed by atoms with Crippen molar-refractivity contribution in [2.24, 2.45) is 0 Å². The summed E-state index contributed by atoms with van der Waals surface area (Å²) in [6.07, 6.45) is 7.46. The fourth-order valence-electron chi connectivity index (χ4n) is 3.63. The van der Waals surface area contributed by atoms with Crippen molar-refractivity contribution in [3.05, 3.63) is 42.5 Å². The average molecular weight is 361 g/mol. The standard InChI is InChI=1S/C19H19N7O/c20-17-13(18-25-15-2-1-5-22-19(15)27-18)8-12(9-23-17)14-10-24-26-16(14)11-3-6-21-7-4-11/h1-2,5,8-11,21H,3-4,6-7H2,(H2,20,23)(H,24,26). The molecule has 27 heavy (non-hydrogen) atoms. The Labute approximate surface area is 155 Å². The first-order valence-electron chi connectivity index (χ1n) is 9.01. The highest BCUT2D eigenvalue weighted by molar-refractivity contribution is 5.79.